The molecule has 0 spiro atoms. The van der Waals surface area contributed by atoms with E-state index in [4.69, 9.17) is 25.7 Å². The van der Waals surface area contributed by atoms with Crippen molar-refractivity contribution in [2.45, 2.75) is 39.2 Å². The van der Waals surface area contributed by atoms with Gasteiger partial charge in [-0.25, -0.2) is 0 Å². The molecule has 1 aromatic carbocycles. The lowest BCUT2D eigenvalue weighted by atomic mass is 10.0. The van der Waals surface area contributed by atoms with Gasteiger partial charge in [0, 0.05) is 37.6 Å². The molecule has 1 saturated heterocycles. The van der Waals surface area contributed by atoms with Gasteiger partial charge in [0.05, 0.1) is 13.7 Å². The van der Waals surface area contributed by atoms with Gasteiger partial charge < -0.3 is 41.0 Å². The fraction of sp³-hybridized carbons (Fsp3) is 0.500. The fourth-order valence-electron chi connectivity index (χ4n) is 3.29. The molecule has 0 atom stereocenters. The number of carbonyl (C=O) groups is 2. The number of rotatable bonds is 9. The third-order valence-electron chi connectivity index (χ3n) is 5.39. The van der Waals surface area contributed by atoms with Crippen molar-refractivity contribution in [3.63, 3.8) is 0 Å². The molecule has 0 saturated carbocycles. The number of aliphatic imine (C=N–C) groups is 1. The maximum Gasteiger partial charge on any atom is 0.267 e. The molecule has 1 aromatic rings. The van der Waals surface area contributed by atoms with Crippen molar-refractivity contribution in [2.75, 3.05) is 40.0 Å². The van der Waals surface area contributed by atoms with Crippen molar-refractivity contribution >= 4 is 17.6 Å². The lowest BCUT2D eigenvalue weighted by Crippen LogP contribution is -2.41. The minimum Gasteiger partial charge on any atom is -0.502 e. The highest BCUT2D eigenvalue weighted by atomic mass is 16.5. The molecule has 0 aliphatic carbocycles. The Bertz CT molecular complexity index is 1010. The number of benzene rings is 1. The molecule has 11 nitrogen and oxygen atoms in total. The molecule has 2 amide bonds. The molecular formula is C26H39N5O6. The molecule has 2 heterocycles. The Kier molecular flexibility index (Phi) is 11.4. The van der Waals surface area contributed by atoms with Crippen LogP contribution in [0.3, 0.4) is 0 Å². The number of nitrogens with zero attached hydrogens (tertiary/aromatic N) is 2. The van der Waals surface area contributed by atoms with Gasteiger partial charge in [-0.3, -0.25) is 9.59 Å². The van der Waals surface area contributed by atoms with Gasteiger partial charge in [0.15, 0.2) is 11.5 Å². The SMILES string of the molecule is CC1CCOCC1.COc1cccc(OC2=CC(=O)N(CC(=O)N=C(N)/C=C\NCC(C)(C)N)C2)c1O. The van der Waals surface area contributed by atoms with Gasteiger partial charge in [0.25, 0.3) is 11.8 Å². The monoisotopic (exact) mass is 517 g/mol. The molecular weight excluding hydrogens is 478 g/mol. The van der Waals surface area contributed by atoms with Crippen LogP contribution in [0.4, 0.5) is 0 Å². The summed E-state index contributed by atoms with van der Waals surface area (Å²) in [6, 6.07) is 4.75. The van der Waals surface area contributed by atoms with Gasteiger partial charge in [-0.1, -0.05) is 13.0 Å². The van der Waals surface area contributed by atoms with Gasteiger partial charge in [-0.2, -0.15) is 4.99 Å². The van der Waals surface area contributed by atoms with Crippen molar-refractivity contribution in [2.24, 2.45) is 22.4 Å². The Morgan fingerprint density at radius 3 is 2.59 bits per heavy atom. The summed E-state index contributed by atoms with van der Waals surface area (Å²) in [5.41, 5.74) is 11.1. The minimum absolute atomic E-state index is 0.000269. The third kappa shape index (κ3) is 10.9. The summed E-state index contributed by atoms with van der Waals surface area (Å²) in [6.45, 7) is 8.30. The molecule has 2 aliphatic rings. The van der Waals surface area contributed by atoms with E-state index in [0.717, 1.165) is 19.1 Å². The van der Waals surface area contributed by atoms with E-state index < -0.39 is 17.4 Å². The Labute approximate surface area is 218 Å². The quantitative estimate of drug-likeness (QED) is 0.282. The Hall–Kier alpha value is -3.57. The smallest absolute Gasteiger partial charge is 0.267 e. The van der Waals surface area contributed by atoms with E-state index in [0.29, 0.717) is 6.54 Å². The highest BCUT2D eigenvalue weighted by molar-refractivity contribution is 6.02. The topological polar surface area (TPSA) is 162 Å². The van der Waals surface area contributed by atoms with Crippen LogP contribution < -0.4 is 26.3 Å². The number of ether oxygens (including phenoxy) is 3. The number of para-hydroxylation sites is 1. The van der Waals surface area contributed by atoms with E-state index in [2.05, 4.69) is 17.2 Å². The summed E-state index contributed by atoms with van der Waals surface area (Å²) < 4.78 is 15.7. The summed E-state index contributed by atoms with van der Waals surface area (Å²) in [7, 11) is 1.42. The summed E-state index contributed by atoms with van der Waals surface area (Å²) in [5.74, 6) is 0.406. The first kappa shape index (κ1) is 29.7. The molecule has 0 bridgehead atoms. The zero-order valence-corrected chi connectivity index (χ0v) is 22.0. The van der Waals surface area contributed by atoms with Crippen molar-refractivity contribution in [1.82, 2.24) is 10.2 Å². The van der Waals surface area contributed by atoms with Gasteiger partial charge in [-0.15, -0.1) is 0 Å². The second kappa shape index (κ2) is 14.2. The molecule has 11 heteroatoms. The third-order valence-corrected chi connectivity index (χ3v) is 5.39. The molecule has 6 N–H and O–H groups in total. The molecule has 1 fully saturated rings. The summed E-state index contributed by atoms with van der Waals surface area (Å²) in [4.78, 5) is 29.2. The van der Waals surface area contributed by atoms with Gasteiger partial charge in [0.1, 0.15) is 18.1 Å². The van der Waals surface area contributed by atoms with Crippen molar-refractivity contribution < 1.29 is 28.9 Å². The number of nitrogens with two attached hydrogens (primary N) is 2. The number of phenols is 1. The predicted octanol–water partition coefficient (Wildman–Crippen LogP) is 1.66. The molecule has 2 aliphatic heterocycles. The first-order valence-corrected chi connectivity index (χ1v) is 12.2. The zero-order chi connectivity index (χ0) is 27.4. The predicted molar refractivity (Wildman–Crippen MR) is 141 cm³/mol. The highest BCUT2D eigenvalue weighted by Crippen LogP contribution is 2.36. The number of carbonyl (C=O) groups excluding carboxylic acids is 2. The molecule has 0 unspecified atom stereocenters. The van der Waals surface area contributed by atoms with E-state index in [1.165, 1.54) is 43.1 Å². The molecule has 0 aromatic heterocycles. The number of amides is 2. The molecule has 3 rings (SSSR count). The lowest BCUT2D eigenvalue weighted by molar-refractivity contribution is -0.129. The van der Waals surface area contributed by atoms with Crippen molar-refractivity contribution in [1.29, 1.82) is 0 Å². The fourth-order valence-corrected chi connectivity index (χ4v) is 3.29. The lowest BCUT2D eigenvalue weighted by Gasteiger charge is -2.17. The maximum absolute atomic E-state index is 12.1. The van der Waals surface area contributed by atoms with Crippen molar-refractivity contribution in [3.8, 4) is 17.2 Å². The van der Waals surface area contributed by atoms with Crippen LogP contribution in [0, 0.1) is 5.92 Å². The summed E-state index contributed by atoms with van der Waals surface area (Å²) in [5, 5.41) is 13.0. The number of hydrogen-bond donors (Lipinski definition) is 4. The standard InChI is InChI=1S/C20H27N5O5.C6H12O/c1-20(2,22)12-23-8-7-16(21)24-17(26)11-25-10-13(9-18(25)27)30-15-6-4-5-14(29-3)19(15)28;1-6-2-4-7-5-3-6/h4-9,23,28H,10-12,22H2,1-3H3,(H2,21,24,26);6H,2-5H2,1H3/b8-7-;. The molecule has 204 valence electrons. The number of amidine groups is 1. The van der Waals surface area contributed by atoms with Gasteiger partial charge in [-0.05, 0) is 50.8 Å². The number of aromatic hydroxyl groups is 1. The largest absolute Gasteiger partial charge is 0.502 e. The Morgan fingerprint density at radius 2 is 2.00 bits per heavy atom. The van der Waals surface area contributed by atoms with Gasteiger partial charge >= 0.3 is 0 Å². The number of hydrogen-bond acceptors (Lipinski definition) is 8. The highest BCUT2D eigenvalue weighted by Gasteiger charge is 2.26. The second-order valence-corrected chi connectivity index (χ2v) is 9.64. The maximum atomic E-state index is 12.1. The summed E-state index contributed by atoms with van der Waals surface area (Å²) >= 11 is 0. The zero-order valence-electron chi connectivity index (χ0n) is 22.0. The van der Waals surface area contributed by atoms with Gasteiger partial charge in [0.2, 0.25) is 5.75 Å². The van der Waals surface area contributed by atoms with E-state index in [1.54, 1.807) is 18.3 Å². The van der Waals surface area contributed by atoms with Crippen LogP contribution >= 0.6 is 0 Å². The van der Waals surface area contributed by atoms with Crippen LogP contribution in [-0.4, -0.2) is 73.2 Å². The minimum atomic E-state index is -0.580. The van der Waals surface area contributed by atoms with Crippen LogP contribution in [0.2, 0.25) is 0 Å². The molecule has 0 radical (unpaired) electrons. The van der Waals surface area contributed by atoms with E-state index >= 15 is 0 Å². The Morgan fingerprint density at radius 1 is 1.32 bits per heavy atom. The first-order valence-electron chi connectivity index (χ1n) is 12.2. The van der Waals surface area contributed by atoms with Crippen LogP contribution in [0.25, 0.3) is 0 Å². The van der Waals surface area contributed by atoms with E-state index in [9.17, 15) is 14.7 Å². The van der Waals surface area contributed by atoms with Crippen LogP contribution in [0.15, 0.2) is 47.3 Å². The first-order chi connectivity index (χ1) is 17.5. The van der Waals surface area contributed by atoms with Crippen LogP contribution in [0.5, 0.6) is 17.2 Å². The van der Waals surface area contributed by atoms with Crippen LogP contribution in [-0.2, 0) is 14.3 Å². The van der Waals surface area contributed by atoms with E-state index in [-0.39, 0.29) is 41.9 Å². The average Bonchev–Trinajstić information content (AvgIpc) is 3.16. The number of nitrogens with one attached hydrogen (secondary N) is 1. The number of methoxy groups -OCH3 is 1. The van der Waals surface area contributed by atoms with E-state index in [1.807, 2.05) is 13.8 Å². The molecule has 37 heavy (non-hydrogen) atoms. The van der Waals surface area contributed by atoms with Crippen LogP contribution in [0.1, 0.15) is 33.6 Å². The Balaban J connectivity index is 0.000000591. The second-order valence-electron chi connectivity index (χ2n) is 9.64. The normalized spacial score (nSPS) is 16.8. The number of phenolic OH excluding ortho intramolecular Hbond substituents is 1. The van der Waals surface area contributed by atoms with Crippen molar-refractivity contribution in [3.05, 3.63) is 42.3 Å². The average molecular weight is 518 g/mol. The summed E-state index contributed by atoms with van der Waals surface area (Å²) in [6.07, 6.45) is 6.77.